The zero-order chi connectivity index (χ0) is 15.0. The minimum Gasteiger partial charge on any atom is -0.405 e. The van der Waals surface area contributed by atoms with Gasteiger partial charge in [0.1, 0.15) is 5.83 Å². The van der Waals surface area contributed by atoms with Crippen LogP contribution in [-0.2, 0) is 6.54 Å². The lowest BCUT2D eigenvalue weighted by Crippen LogP contribution is -2.22. The van der Waals surface area contributed by atoms with Crippen LogP contribution < -0.4 is 11.3 Å². The van der Waals surface area contributed by atoms with Crippen molar-refractivity contribution in [1.29, 1.82) is 0 Å². The van der Waals surface area contributed by atoms with Gasteiger partial charge in [0.05, 0.1) is 0 Å². The molecule has 0 aliphatic heterocycles. The summed E-state index contributed by atoms with van der Waals surface area (Å²) in [7, 11) is 0. The first kappa shape index (κ1) is 16.2. The minimum absolute atomic E-state index is 0.187. The van der Waals surface area contributed by atoms with Gasteiger partial charge >= 0.3 is 0 Å². The summed E-state index contributed by atoms with van der Waals surface area (Å²) in [6.45, 7) is 3.75. The van der Waals surface area contributed by atoms with E-state index in [1.54, 1.807) is 22.9 Å². The lowest BCUT2D eigenvalue weighted by molar-refractivity contribution is 0.614. The van der Waals surface area contributed by atoms with Gasteiger partial charge in [0.25, 0.3) is 5.56 Å². The molecule has 108 valence electrons. The Hall–Kier alpha value is -1.81. The second-order valence-electron chi connectivity index (χ2n) is 4.22. The van der Waals surface area contributed by atoms with Gasteiger partial charge < -0.3 is 10.3 Å². The van der Waals surface area contributed by atoms with Crippen LogP contribution in [0.25, 0.3) is 5.57 Å². The highest BCUT2D eigenvalue weighted by Gasteiger charge is 2.07. The molecule has 0 spiro atoms. The number of halogens is 2. The maximum atomic E-state index is 13.0. The van der Waals surface area contributed by atoms with E-state index in [2.05, 4.69) is 6.58 Å². The second-order valence-corrected chi connectivity index (χ2v) is 4.60. The van der Waals surface area contributed by atoms with Crippen molar-refractivity contribution < 1.29 is 4.39 Å². The van der Waals surface area contributed by atoms with E-state index in [0.29, 0.717) is 23.6 Å². The van der Waals surface area contributed by atoms with Crippen LogP contribution in [0.5, 0.6) is 0 Å². The standard InChI is InChI=1S/C15H18ClFN2O/c1-12(17)11-13(6-8-18)14-5-4-10-19(15(14)20)9-3-2-7-16/h4-6,8,10-11H,1-3,7,9,18H2/b8-6-,13-11+. The number of nitrogens with zero attached hydrogens (tertiary/aromatic N) is 1. The molecule has 0 fully saturated rings. The summed E-state index contributed by atoms with van der Waals surface area (Å²) in [6, 6.07) is 3.38. The lowest BCUT2D eigenvalue weighted by Gasteiger charge is -2.08. The van der Waals surface area contributed by atoms with Gasteiger partial charge in [-0.05, 0) is 48.9 Å². The van der Waals surface area contributed by atoms with E-state index in [-0.39, 0.29) is 5.56 Å². The van der Waals surface area contributed by atoms with Crippen molar-refractivity contribution in [2.45, 2.75) is 19.4 Å². The van der Waals surface area contributed by atoms with Gasteiger partial charge in [-0.2, -0.15) is 0 Å². The molecule has 3 nitrogen and oxygen atoms in total. The molecule has 20 heavy (non-hydrogen) atoms. The Morgan fingerprint density at radius 1 is 1.50 bits per heavy atom. The molecule has 1 heterocycles. The first-order chi connectivity index (χ1) is 9.60. The monoisotopic (exact) mass is 296 g/mol. The quantitative estimate of drug-likeness (QED) is 0.477. The molecule has 0 unspecified atom stereocenters. The summed E-state index contributed by atoms with van der Waals surface area (Å²) in [5.41, 5.74) is 5.93. The van der Waals surface area contributed by atoms with Gasteiger partial charge in [-0.25, -0.2) is 4.39 Å². The summed E-state index contributed by atoms with van der Waals surface area (Å²) >= 11 is 5.62. The fraction of sp³-hybridized carbons (Fsp3) is 0.267. The van der Waals surface area contributed by atoms with Crippen molar-refractivity contribution >= 4 is 17.2 Å². The smallest absolute Gasteiger partial charge is 0.258 e. The van der Waals surface area contributed by atoms with Crippen LogP contribution in [0.15, 0.2) is 53.9 Å². The number of alkyl halides is 1. The number of unbranched alkanes of at least 4 members (excludes halogenated alkanes) is 1. The molecule has 1 rings (SSSR count). The maximum absolute atomic E-state index is 13.0. The average molecular weight is 297 g/mol. The average Bonchev–Trinajstić information content (AvgIpc) is 2.40. The van der Waals surface area contributed by atoms with E-state index in [1.165, 1.54) is 18.4 Å². The Bertz CT molecular complexity index is 575. The van der Waals surface area contributed by atoms with Gasteiger partial charge in [0.2, 0.25) is 0 Å². The molecular weight excluding hydrogens is 279 g/mol. The third kappa shape index (κ3) is 4.70. The Morgan fingerprint density at radius 2 is 2.25 bits per heavy atom. The molecule has 0 saturated heterocycles. The molecule has 0 bridgehead atoms. The molecule has 0 amide bonds. The lowest BCUT2D eigenvalue weighted by atomic mass is 10.1. The van der Waals surface area contributed by atoms with Crippen LogP contribution in [0.1, 0.15) is 18.4 Å². The van der Waals surface area contributed by atoms with Crippen LogP contribution in [0.4, 0.5) is 4.39 Å². The van der Waals surface area contributed by atoms with E-state index in [0.717, 1.165) is 12.8 Å². The van der Waals surface area contributed by atoms with E-state index < -0.39 is 5.83 Å². The summed E-state index contributed by atoms with van der Waals surface area (Å²) in [6.07, 6.45) is 7.28. The molecular formula is C15H18ClFN2O. The largest absolute Gasteiger partial charge is 0.405 e. The topological polar surface area (TPSA) is 48.0 Å². The van der Waals surface area contributed by atoms with Crippen molar-refractivity contribution in [3.8, 4) is 0 Å². The molecule has 2 N–H and O–H groups in total. The Morgan fingerprint density at radius 3 is 2.85 bits per heavy atom. The summed E-state index contributed by atoms with van der Waals surface area (Å²) < 4.78 is 14.6. The Kier molecular flexibility index (Phi) is 6.81. The molecule has 1 aromatic heterocycles. The Labute approximate surface area is 122 Å². The predicted octanol–water partition coefficient (Wildman–Crippen LogP) is 3.21. The molecule has 0 atom stereocenters. The fourth-order valence-corrected chi connectivity index (χ4v) is 1.99. The number of hydrogen-bond donors (Lipinski definition) is 1. The van der Waals surface area contributed by atoms with E-state index in [1.807, 2.05) is 0 Å². The van der Waals surface area contributed by atoms with Gasteiger partial charge in [0, 0.05) is 24.2 Å². The predicted molar refractivity (Wildman–Crippen MR) is 82.2 cm³/mol. The SMILES string of the molecule is C=C(F)/C=C(\C=C/N)c1cccn(CCCCCl)c1=O. The third-order valence-electron chi connectivity index (χ3n) is 2.70. The van der Waals surface area contributed by atoms with Crippen molar-refractivity contribution in [1.82, 2.24) is 4.57 Å². The van der Waals surface area contributed by atoms with Crippen LogP contribution in [0, 0.1) is 0 Å². The van der Waals surface area contributed by atoms with Gasteiger partial charge in [-0.1, -0.05) is 6.58 Å². The van der Waals surface area contributed by atoms with Crippen molar-refractivity contribution in [3.63, 3.8) is 0 Å². The highest BCUT2D eigenvalue weighted by molar-refractivity contribution is 6.17. The first-order valence-corrected chi connectivity index (χ1v) is 6.83. The number of rotatable bonds is 7. The molecule has 0 aliphatic carbocycles. The zero-order valence-electron chi connectivity index (χ0n) is 11.2. The van der Waals surface area contributed by atoms with Crippen molar-refractivity contribution in [2.75, 3.05) is 5.88 Å². The first-order valence-electron chi connectivity index (χ1n) is 6.30. The molecule has 1 aromatic rings. The van der Waals surface area contributed by atoms with Crippen molar-refractivity contribution in [3.05, 3.63) is 65.0 Å². The maximum Gasteiger partial charge on any atom is 0.258 e. The molecule has 0 radical (unpaired) electrons. The zero-order valence-corrected chi connectivity index (χ0v) is 11.9. The highest BCUT2D eigenvalue weighted by Crippen LogP contribution is 2.14. The van der Waals surface area contributed by atoms with Crippen LogP contribution in [-0.4, -0.2) is 10.4 Å². The third-order valence-corrected chi connectivity index (χ3v) is 2.97. The number of allylic oxidation sites excluding steroid dienone is 4. The van der Waals surface area contributed by atoms with Gasteiger partial charge in [-0.15, -0.1) is 11.6 Å². The number of nitrogens with two attached hydrogens (primary N) is 1. The van der Waals surface area contributed by atoms with Crippen LogP contribution in [0.3, 0.4) is 0 Å². The normalized spacial score (nSPS) is 12.0. The number of aromatic nitrogens is 1. The number of hydrogen-bond acceptors (Lipinski definition) is 2. The van der Waals surface area contributed by atoms with E-state index in [9.17, 15) is 9.18 Å². The van der Waals surface area contributed by atoms with Crippen LogP contribution >= 0.6 is 11.6 Å². The Balaban J connectivity index is 3.14. The van der Waals surface area contributed by atoms with Crippen LogP contribution in [0.2, 0.25) is 0 Å². The number of pyridine rings is 1. The molecule has 5 heteroatoms. The molecule has 0 aliphatic rings. The van der Waals surface area contributed by atoms with Gasteiger partial charge in [-0.3, -0.25) is 4.79 Å². The number of aryl methyl sites for hydroxylation is 1. The summed E-state index contributed by atoms with van der Waals surface area (Å²) in [5, 5.41) is 0. The fourth-order valence-electron chi connectivity index (χ4n) is 1.80. The van der Waals surface area contributed by atoms with Crippen molar-refractivity contribution in [2.24, 2.45) is 5.73 Å². The second kappa shape index (κ2) is 8.38. The summed E-state index contributed by atoms with van der Waals surface area (Å²) in [4.78, 5) is 12.3. The highest BCUT2D eigenvalue weighted by atomic mass is 35.5. The summed E-state index contributed by atoms with van der Waals surface area (Å²) in [5.74, 6) is -0.0629. The van der Waals surface area contributed by atoms with E-state index >= 15 is 0 Å². The van der Waals surface area contributed by atoms with Gasteiger partial charge in [0.15, 0.2) is 0 Å². The van der Waals surface area contributed by atoms with E-state index in [4.69, 9.17) is 17.3 Å². The molecule has 0 aromatic carbocycles. The minimum atomic E-state index is -0.630. The molecule has 0 saturated carbocycles.